The summed E-state index contributed by atoms with van der Waals surface area (Å²) in [5.41, 5.74) is 2.38. The highest BCUT2D eigenvalue weighted by atomic mass is 16.2. The molecule has 0 heterocycles. The maximum Gasteiger partial charge on any atom is 0.532 e. The molecule has 0 saturated heterocycles. The van der Waals surface area contributed by atoms with E-state index in [9.17, 15) is 4.79 Å². The lowest BCUT2D eigenvalue weighted by Crippen LogP contribution is -2.38. The predicted molar refractivity (Wildman–Crippen MR) is 159 cm³/mol. The lowest BCUT2D eigenvalue weighted by Gasteiger charge is -2.13. The Balaban J connectivity index is 1.42. The number of benzene rings is 6. The minimum Gasteiger partial charge on any atom is -0.196 e. The van der Waals surface area contributed by atoms with Gasteiger partial charge in [0.1, 0.15) is 10.2 Å². The van der Waals surface area contributed by atoms with Crippen LogP contribution in [0.1, 0.15) is 0 Å². The van der Waals surface area contributed by atoms with E-state index in [1.54, 1.807) is 24.3 Å². The van der Waals surface area contributed by atoms with Gasteiger partial charge in [-0.1, -0.05) is 120 Å². The Kier molecular flexibility index (Phi) is 7.11. The van der Waals surface area contributed by atoms with Crippen molar-refractivity contribution >= 4 is 50.3 Å². The first-order valence-electron chi connectivity index (χ1n) is 12.8. The molecule has 0 saturated carbocycles. The molecule has 0 N–H and O–H groups in total. The Morgan fingerprint density at radius 1 is 0.525 bits per heavy atom. The normalized spacial score (nSPS) is 11.6. The molecule has 0 atom stereocenters. The van der Waals surface area contributed by atoms with E-state index in [1.165, 1.54) is 10.0 Å². The maximum atomic E-state index is 14.2. The molecule has 7 heteroatoms. The fourth-order valence-electron chi connectivity index (χ4n) is 4.41. The number of hydrogen-bond donors (Lipinski definition) is 0. The van der Waals surface area contributed by atoms with Gasteiger partial charge in [0.15, 0.2) is 0 Å². The van der Waals surface area contributed by atoms with Gasteiger partial charge in [-0.05, 0) is 35.0 Å². The Labute approximate surface area is 231 Å². The molecule has 0 aliphatic rings. The lowest BCUT2D eigenvalue weighted by atomic mass is 10.1. The maximum absolute atomic E-state index is 14.2. The first-order valence-corrected chi connectivity index (χ1v) is 12.8. The second kappa shape index (κ2) is 11.5. The summed E-state index contributed by atoms with van der Waals surface area (Å²) >= 11 is 0. The SMILES string of the molecule is O=C(N(N=Nc1cccc2ccccc12)c1ccccc1)[N+](N=Nc1cccc2ccccc12)c1ccccc1. The van der Waals surface area contributed by atoms with Crippen molar-refractivity contribution in [1.82, 2.24) is 5.01 Å². The highest BCUT2D eigenvalue weighted by molar-refractivity contribution is 5.96. The molecule has 7 nitrogen and oxygen atoms in total. The third-order valence-electron chi connectivity index (χ3n) is 6.38. The van der Waals surface area contributed by atoms with Crippen LogP contribution in [0.2, 0.25) is 0 Å². The fourth-order valence-corrected chi connectivity index (χ4v) is 4.41. The van der Waals surface area contributed by atoms with E-state index < -0.39 is 6.03 Å². The van der Waals surface area contributed by atoms with Crippen molar-refractivity contribution in [3.63, 3.8) is 0 Å². The Bertz CT molecular complexity index is 1690. The Morgan fingerprint density at radius 2 is 1.02 bits per heavy atom. The van der Waals surface area contributed by atoms with Crippen LogP contribution in [0.5, 0.6) is 0 Å². The summed E-state index contributed by atoms with van der Waals surface area (Å²) in [4.78, 5) is 14.2. The zero-order valence-corrected chi connectivity index (χ0v) is 21.4. The average molecular weight is 521 g/mol. The summed E-state index contributed by atoms with van der Waals surface area (Å²) in [5, 5.41) is 24.3. The van der Waals surface area contributed by atoms with Crippen LogP contribution in [0.3, 0.4) is 0 Å². The molecule has 6 rings (SSSR count). The van der Waals surface area contributed by atoms with Gasteiger partial charge >= 0.3 is 6.03 Å². The largest absolute Gasteiger partial charge is 0.532 e. The lowest BCUT2D eigenvalue weighted by molar-refractivity contribution is 0.237. The van der Waals surface area contributed by atoms with Crippen LogP contribution < -0.4 is 10.0 Å². The van der Waals surface area contributed by atoms with Crippen molar-refractivity contribution in [2.75, 3.05) is 5.01 Å². The van der Waals surface area contributed by atoms with E-state index in [-0.39, 0.29) is 0 Å². The topological polar surface area (TPSA) is 75.7 Å². The molecule has 0 fully saturated rings. The molecule has 6 aromatic rings. The van der Waals surface area contributed by atoms with E-state index in [1.807, 2.05) is 121 Å². The first-order chi connectivity index (χ1) is 19.8. The molecule has 0 aliphatic carbocycles. The van der Waals surface area contributed by atoms with Crippen molar-refractivity contribution in [3.8, 4) is 0 Å². The van der Waals surface area contributed by atoms with Gasteiger partial charge in [-0.2, -0.15) is 4.79 Å². The van der Waals surface area contributed by atoms with Crippen molar-refractivity contribution in [2.24, 2.45) is 20.7 Å². The van der Waals surface area contributed by atoms with Crippen LogP contribution >= 0.6 is 0 Å². The molecule has 0 unspecified atom stereocenters. The van der Waals surface area contributed by atoms with Crippen molar-refractivity contribution in [3.05, 3.63) is 146 Å². The molecule has 0 spiro atoms. The van der Waals surface area contributed by atoms with E-state index in [4.69, 9.17) is 0 Å². The predicted octanol–water partition coefficient (Wildman–Crippen LogP) is 9.79. The van der Waals surface area contributed by atoms with Gasteiger partial charge in [-0.15, -0.1) is 10.1 Å². The number of anilines is 2. The molecule has 191 valence electrons. The summed E-state index contributed by atoms with van der Waals surface area (Å²) in [6.07, 6.45) is 0. The van der Waals surface area contributed by atoms with Crippen LogP contribution in [0.4, 0.5) is 27.5 Å². The Hall–Kier alpha value is -5.53. The smallest absolute Gasteiger partial charge is 0.196 e. The summed E-state index contributed by atoms with van der Waals surface area (Å²) in [6.45, 7) is 0. The number of para-hydroxylation sites is 2. The number of urea groups is 1. The second-order valence-electron chi connectivity index (χ2n) is 8.95. The molecule has 1 radical (unpaired) electrons. The van der Waals surface area contributed by atoms with Gasteiger partial charge in [-0.25, -0.2) is 0 Å². The monoisotopic (exact) mass is 520 g/mol. The number of carbonyl (C=O) groups is 1. The van der Waals surface area contributed by atoms with E-state index in [0.717, 1.165) is 21.5 Å². The standard InChI is InChI=1S/C33H24N6O/c40-33(38(27-17-3-1-4-18-27)36-34-31-23-11-15-25-13-7-9-21-29(25)31)39(28-19-5-2-6-20-28)37-35-32-24-12-16-26-14-8-10-22-30(26)32/h1-24H/q+1. The minimum atomic E-state index is -0.537. The molecule has 0 bridgehead atoms. The highest BCUT2D eigenvalue weighted by Crippen LogP contribution is 2.29. The Morgan fingerprint density at radius 3 is 1.65 bits per heavy atom. The quantitative estimate of drug-likeness (QED) is 0.122. The van der Waals surface area contributed by atoms with Gasteiger partial charge < -0.3 is 0 Å². The van der Waals surface area contributed by atoms with Crippen LogP contribution in [-0.4, -0.2) is 6.03 Å². The summed E-state index contributed by atoms with van der Waals surface area (Å²) in [5.74, 6) is 0. The number of rotatable bonds is 6. The number of carbonyl (C=O) groups excluding carboxylic acids is 1. The molecule has 6 aromatic carbocycles. The molecular weight excluding hydrogens is 496 g/mol. The summed E-state index contributed by atoms with van der Waals surface area (Å²) in [7, 11) is 0. The van der Waals surface area contributed by atoms with E-state index in [0.29, 0.717) is 22.7 Å². The molecule has 2 amide bonds. The summed E-state index contributed by atoms with van der Waals surface area (Å²) < 4.78 is 0. The van der Waals surface area contributed by atoms with Crippen molar-refractivity contribution in [2.45, 2.75) is 0 Å². The first kappa shape index (κ1) is 24.8. The zero-order chi connectivity index (χ0) is 27.1. The van der Waals surface area contributed by atoms with Crippen LogP contribution in [-0.2, 0) is 0 Å². The number of fused-ring (bicyclic) bond motifs is 2. The minimum absolute atomic E-state index is 0.537. The van der Waals surface area contributed by atoms with Crippen LogP contribution in [0, 0.1) is 0 Å². The summed E-state index contributed by atoms with van der Waals surface area (Å²) in [6, 6.07) is 45.2. The van der Waals surface area contributed by atoms with Crippen LogP contribution in [0.25, 0.3) is 21.5 Å². The van der Waals surface area contributed by atoms with Crippen molar-refractivity contribution < 1.29 is 4.79 Å². The number of amides is 2. The van der Waals surface area contributed by atoms with Gasteiger partial charge in [0.25, 0.3) is 0 Å². The fraction of sp³-hybridized carbons (Fsp3) is 0. The molecule has 0 aliphatic heterocycles. The second-order valence-corrected chi connectivity index (χ2v) is 8.95. The molecular formula is C33H24N6O+. The average Bonchev–Trinajstić information content (AvgIpc) is 3.02. The van der Waals surface area contributed by atoms with Gasteiger partial charge in [0, 0.05) is 22.9 Å². The molecule has 40 heavy (non-hydrogen) atoms. The number of hydrogen-bond acceptors (Lipinski definition) is 5. The third kappa shape index (κ3) is 5.22. The number of nitrogens with zero attached hydrogens (tertiary/aromatic N) is 6. The van der Waals surface area contributed by atoms with Crippen LogP contribution in [0.15, 0.2) is 166 Å². The van der Waals surface area contributed by atoms with Crippen molar-refractivity contribution in [1.29, 1.82) is 0 Å². The van der Waals surface area contributed by atoms with Gasteiger partial charge in [0.2, 0.25) is 5.69 Å². The van der Waals surface area contributed by atoms with Gasteiger partial charge in [-0.3, -0.25) is 0 Å². The molecule has 0 aromatic heterocycles. The third-order valence-corrected chi connectivity index (χ3v) is 6.38. The van der Waals surface area contributed by atoms with E-state index >= 15 is 0 Å². The zero-order valence-electron chi connectivity index (χ0n) is 21.4. The van der Waals surface area contributed by atoms with Gasteiger partial charge in [0.05, 0.1) is 17.1 Å². The van der Waals surface area contributed by atoms with E-state index in [2.05, 4.69) is 20.7 Å². The highest BCUT2D eigenvalue weighted by Gasteiger charge is 2.38.